The number of carbonyl (C=O) groups is 1. The summed E-state index contributed by atoms with van der Waals surface area (Å²) in [7, 11) is 0. The monoisotopic (exact) mass is 339 g/mol. The summed E-state index contributed by atoms with van der Waals surface area (Å²) in [6.45, 7) is 4.22. The molecule has 0 saturated carbocycles. The van der Waals surface area contributed by atoms with Crippen LogP contribution in [0.5, 0.6) is 0 Å². The minimum absolute atomic E-state index is 0.0411. The summed E-state index contributed by atoms with van der Waals surface area (Å²) in [5, 5.41) is 12.7. The van der Waals surface area contributed by atoms with Crippen LogP contribution in [0.15, 0.2) is 42.6 Å². The third-order valence-electron chi connectivity index (χ3n) is 4.77. The molecule has 2 heterocycles. The Morgan fingerprint density at radius 3 is 3.04 bits per heavy atom. The number of hydrogen-bond acceptors (Lipinski definition) is 4. The second-order valence-electron chi connectivity index (χ2n) is 6.62. The number of aryl methyl sites for hydroxylation is 1. The maximum absolute atomic E-state index is 12.7. The first-order valence-electron chi connectivity index (χ1n) is 8.82. The highest BCUT2D eigenvalue weighted by Gasteiger charge is 2.24. The number of nitrogens with one attached hydrogen (secondary N) is 1. The second kappa shape index (κ2) is 8.12. The Morgan fingerprint density at radius 2 is 2.24 bits per heavy atom. The van der Waals surface area contributed by atoms with Crippen LogP contribution in [0, 0.1) is 12.8 Å². The molecule has 1 aliphatic heterocycles. The number of piperidine rings is 1. The van der Waals surface area contributed by atoms with Gasteiger partial charge in [0.25, 0.3) is 5.91 Å². The molecule has 1 saturated heterocycles. The molecule has 132 valence electrons. The van der Waals surface area contributed by atoms with Gasteiger partial charge in [-0.05, 0) is 55.5 Å². The number of anilines is 1. The van der Waals surface area contributed by atoms with Crippen LogP contribution in [0.4, 0.5) is 5.69 Å². The van der Waals surface area contributed by atoms with Gasteiger partial charge in [-0.1, -0.05) is 12.1 Å². The first-order valence-corrected chi connectivity index (χ1v) is 8.82. The number of pyridine rings is 1. The van der Waals surface area contributed by atoms with Gasteiger partial charge in [-0.25, -0.2) is 0 Å². The number of hydrogen-bond donors (Lipinski definition) is 2. The van der Waals surface area contributed by atoms with Crippen molar-refractivity contribution in [2.24, 2.45) is 5.92 Å². The van der Waals surface area contributed by atoms with Gasteiger partial charge in [-0.15, -0.1) is 0 Å². The van der Waals surface area contributed by atoms with Crippen LogP contribution in [-0.4, -0.2) is 40.6 Å². The topological polar surface area (TPSA) is 65.5 Å². The van der Waals surface area contributed by atoms with E-state index >= 15 is 0 Å². The van der Waals surface area contributed by atoms with Gasteiger partial charge in [-0.3, -0.25) is 9.78 Å². The Hall–Kier alpha value is -2.40. The number of rotatable bonds is 5. The number of amides is 1. The molecule has 0 bridgehead atoms. The average Bonchev–Trinajstić information content (AvgIpc) is 2.67. The molecule has 1 aromatic carbocycles. The molecular weight excluding hydrogens is 314 g/mol. The highest BCUT2D eigenvalue weighted by molar-refractivity contribution is 5.95. The minimum atomic E-state index is 0.0411. The van der Waals surface area contributed by atoms with Crippen LogP contribution in [0.2, 0.25) is 0 Å². The van der Waals surface area contributed by atoms with E-state index in [1.54, 1.807) is 6.20 Å². The fourth-order valence-corrected chi connectivity index (χ4v) is 3.24. The minimum Gasteiger partial charge on any atom is -0.396 e. The summed E-state index contributed by atoms with van der Waals surface area (Å²) < 4.78 is 0. The molecule has 1 aromatic heterocycles. The van der Waals surface area contributed by atoms with Crippen molar-refractivity contribution in [3.8, 4) is 0 Å². The molecule has 1 aliphatic rings. The molecule has 1 fully saturated rings. The molecule has 0 aliphatic carbocycles. The molecule has 1 atom stereocenters. The lowest BCUT2D eigenvalue weighted by Gasteiger charge is -2.32. The van der Waals surface area contributed by atoms with Crippen LogP contribution in [0.1, 0.15) is 34.5 Å². The number of aromatic nitrogens is 1. The predicted molar refractivity (Wildman–Crippen MR) is 98.5 cm³/mol. The van der Waals surface area contributed by atoms with Gasteiger partial charge >= 0.3 is 0 Å². The van der Waals surface area contributed by atoms with Gasteiger partial charge < -0.3 is 15.3 Å². The Balaban J connectivity index is 1.66. The van der Waals surface area contributed by atoms with E-state index in [2.05, 4.69) is 10.3 Å². The van der Waals surface area contributed by atoms with E-state index in [4.69, 9.17) is 0 Å². The molecule has 5 nitrogen and oxygen atoms in total. The average molecular weight is 339 g/mol. The van der Waals surface area contributed by atoms with Gasteiger partial charge in [0.2, 0.25) is 0 Å². The lowest BCUT2D eigenvalue weighted by atomic mass is 9.98. The van der Waals surface area contributed by atoms with Crippen molar-refractivity contribution in [2.45, 2.75) is 26.3 Å². The Kier molecular flexibility index (Phi) is 5.66. The second-order valence-corrected chi connectivity index (χ2v) is 6.62. The summed E-state index contributed by atoms with van der Waals surface area (Å²) in [6, 6.07) is 11.6. The molecule has 1 amide bonds. The fourth-order valence-electron chi connectivity index (χ4n) is 3.24. The largest absolute Gasteiger partial charge is 0.396 e. The lowest BCUT2D eigenvalue weighted by Crippen LogP contribution is -2.40. The zero-order valence-electron chi connectivity index (χ0n) is 14.6. The van der Waals surface area contributed by atoms with Crippen molar-refractivity contribution in [2.75, 3.05) is 25.0 Å². The van der Waals surface area contributed by atoms with Crippen molar-refractivity contribution < 1.29 is 9.90 Å². The first kappa shape index (κ1) is 17.4. The summed E-state index contributed by atoms with van der Waals surface area (Å²) >= 11 is 0. The van der Waals surface area contributed by atoms with Crippen molar-refractivity contribution in [1.29, 1.82) is 0 Å². The molecule has 5 heteroatoms. The number of carbonyl (C=O) groups excluding carboxylic acids is 1. The molecular formula is C20H25N3O2. The van der Waals surface area contributed by atoms with Crippen molar-refractivity contribution in [1.82, 2.24) is 9.88 Å². The highest BCUT2D eigenvalue weighted by Crippen LogP contribution is 2.20. The molecule has 0 spiro atoms. The van der Waals surface area contributed by atoms with Gasteiger partial charge in [0.05, 0.1) is 0 Å². The van der Waals surface area contributed by atoms with Gasteiger partial charge in [0.1, 0.15) is 0 Å². The van der Waals surface area contributed by atoms with Crippen LogP contribution in [0.3, 0.4) is 0 Å². The maximum Gasteiger partial charge on any atom is 0.253 e. The highest BCUT2D eigenvalue weighted by atomic mass is 16.3. The molecule has 3 rings (SSSR count). The van der Waals surface area contributed by atoms with E-state index in [0.29, 0.717) is 18.7 Å². The number of nitrogens with zero attached hydrogens (tertiary/aromatic N) is 2. The summed E-state index contributed by atoms with van der Waals surface area (Å²) in [5.41, 5.74) is 3.75. The Morgan fingerprint density at radius 1 is 1.36 bits per heavy atom. The molecule has 2 N–H and O–H groups in total. The van der Waals surface area contributed by atoms with Crippen LogP contribution in [0.25, 0.3) is 0 Å². The van der Waals surface area contributed by atoms with Gasteiger partial charge in [-0.2, -0.15) is 0 Å². The third-order valence-corrected chi connectivity index (χ3v) is 4.77. The molecule has 2 aromatic rings. The number of likely N-dealkylation sites (tertiary alicyclic amines) is 1. The van der Waals surface area contributed by atoms with E-state index in [1.807, 2.05) is 48.2 Å². The van der Waals surface area contributed by atoms with Crippen LogP contribution in [-0.2, 0) is 6.54 Å². The van der Waals surface area contributed by atoms with Crippen molar-refractivity contribution >= 4 is 11.6 Å². The number of benzene rings is 1. The molecule has 0 radical (unpaired) electrons. The standard InChI is InChI=1S/C20H25N3O2/c1-15-18(7-3-9-21-15)12-22-19-8-2-6-17(11-19)20(25)23-10-4-5-16(13-23)14-24/h2-3,6-9,11,16,22,24H,4-5,10,12-14H2,1H3. The quantitative estimate of drug-likeness (QED) is 0.879. The number of aliphatic hydroxyl groups is 1. The Bertz CT molecular complexity index is 732. The zero-order chi connectivity index (χ0) is 17.6. The van der Waals surface area contributed by atoms with Crippen molar-refractivity contribution in [3.63, 3.8) is 0 Å². The van der Waals surface area contributed by atoms with E-state index in [-0.39, 0.29) is 18.4 Å². The van der Waals surface area contributed by atoms with E-state index < -0.39 is 0 Å². The van der Waals surface area contributed by atoms with E-state index in [0.717, 1.165) is 36.3 Å². The molecule has 1 unspecified atom stereocenters. The van der Waals surface area contributed by atoms with E-state index in [1.165, 1.54) is 0 Å². The molecule has 25 heavy (non-hydrogen) atoms. The lowest BCUT2D eigenvalue weighted by molar-refractivity contribution is 0.0621. The number of aliphatic hydroxyl groups excluding tert-OH is 1. The van der Waals surface area contributed by atoms with Crippen LogP contribution < -0.4 is 5.32 Å². The normalized spacial score (nSPS) is 17.4. The smallest absolute Gasteiger partial charge is 0.253 e. The fraction of sp³-hybridized carbons (Fsp3) is 0.400. The Labute approximate surface area is 148 Å². The SMILES string of the molecule is Cc1ncccc1CNc1cccc(C(=O)N2CCCC(CO)C2)c1. The van der Waals surface area contributed by atoms with Gasteiger partial charge in [0.15, 0.2) is 0 Å². The van der Waals surface area contributed by atoms with Gasteiger partial charge in [0, 0.05) is 49.4 Å². The zero-order valence-corrected chi connectivity index (χ0v) is 14.6. The van der Waals surface area contributed by atoms with E-state index in [9.17, 15) is 9.90 Å². The third kappa shape index (κ3) is 4.37. The van der Waals surface area contributed by atoms with Crippen molar-refractivity contribution in [3.05, 3.63) is 59.4 Å². The summed E-state index contributed by atoms with van der Waals surface area (Å²) in [4.78, 5) is 18.9. The summed E-state index contributed by atoms with van der Waals surface area (Å²) in [6.07, 6.45) is 3.73. The predicted octanol–water partition coefficient (Wildman–Crippen LogP) is 2.85. The summed E-state index contributed by atoms with van der Waals surface area (Å²) in [5.74, 6) is 0.243. The maximum atomic E-state index is 12.7. The first-order chi connectivity index (χ1) is 12.2. The van der Waals surface area contributed by atoms with Crippen LogP contribution >= 0.6 is 0 Å².